The zero-order chi connectivity index (χ0) is 10.9. The van der Waals surface area contributed by atoms with Gasteiger partial charge in [-0.1, -0.05) is 0 Å². The largest absolute Gasteiger partial charge is 0.382 e. The van der Waals surface area contributed by atoms with Crippen molar-refractivity contribution < 1.29 is 14.3 Å². The zero-order valence-corrected chi connectivity index (χ0v) is 8.47. The van der Waals surface area contributed by atoms with Gasteiger partial charge in [-0.2, -0.15) is 0 Å². The Morgan fingerprint density at radius 3 is 2.36 bits per heavy atom. The van der Waals surface area contributed by atoms with Crippen molar-refractivity contribution in [3.63, 3.8) is 0 Å². The molecule has 0 saturated carbocycles. The zero-order valence-electron chi connectivity index (χ0n) is 8.47. The Morgan fingerprint density at radius 2 is 1.93 bits per heavy atom. The predicted molar refractivity (Wildman–Crippen MR) is 51.8 cm³/mol. The summed E-state index contributed by atoms with van der Waals surface area (Å²) in [4.78, 5) is 11.6. The van der Waals surface area contributed by atoms with Crippen LogP contribution in [0.3, 0.4) is 0 Å². The van der Waals surface area contributed by atoms with Gasteiger partial charge in [-0.3, -0.25) is 4.79 Å². The van der Waals surface area contributed by atoms with E-state index < -0.39 is 17.2 Å². The molecule has 0 amide bonds. The Balaban J connectivity index is 3.14. The third kappa shape index (κ3) is 2.39. The second-order valence-electron chi connectivity index (χ2n) is 3.91. The maximum absolute atomic E-state index is 12.9. The van der Waals surface area contributed by atoms with Gasteiger partial charge in [0, 0.05) is 5.56 Å². The van der Waals surface area contributed by atoms with Gasteiger partial charge in [0.1, 0.15) is 11.4 Å². The summed E-state index contributed by atoms with van der Waals surface area (Å²) in [5.41, 5.74) is -0.590. The summed E-state index contributed by atoms with van der Waals surface area (Å²) in [5.74, 6) is -0.933. The fourth-order valence-corrected chi connectivity index (χ4v) is 1.22. The molecule has 0 radical (unpaired) electrons. The number of aliphatic hydroxyl groups is 1. The van der Waals surface area contributed by atoms with E-state index in [4.69, 9.17) is 0 Å². The van der Waals surface area contributed by atoms with E-state index in [2.05, 4.69) is 0 Å². The van der Waals surface area contributed by atoms with Gasteiger partial charge in [-0.15, -0.1) is 0 Å². The second kappa shape index (κ2) is 3.50. The third-order valence-corrected chi connectivity index (χ3v) is 1.86. The number of halogens is 1. The number of hydrogen-bond donors (Lipinski definition) is 1. The van der Waals surface area contributed by atoms with Gasteiger partial charge < -0.3 is 5.11 Å². The lowest BCUT2D eigenvalue weighted by atomic mass is 9.96. The van der Waals surface area contributed by atoms with Gasteiger partial charge in [0.15, 0.2) is 5.78 Å². The molecule has 0 fully saturated rings. The fraction of sp³-hybridized carbons (Fsp3) is 0.364. The molecule has 0 aliphatic rings. The summed E-state index contributed by atoms with van der Waals surface area (Å²) in [7, 11) is 0. The molecule has 76 valence electrons. The van der Waals surface area contributed by atoms with E-state index in [0.29, 0.717) is 5.56 Å². The molecule has 0 bridgehead atoms. The number of carbonyl (C=O) groups is 1. The van der Waals surface area contributed by atoms with Gasteiger partial charge in [-0.05, 0) is 44.5 Å². The van der Waals surface area contributed by atoms with E-state index in [1.165, 1.54) is 19.9 Å². The van der Waals surface area contributed by atoms with Crippen molar-refractivity contribution in [1.82, 2.24) is 0 Å². The highest BCUT2D eigenvalue weighted by Crippen LogP contribution is 2.15. The van der Waals surface area contributed by atoms with Crippen molar-refractivity contribution in [2.75, 3.05) is 0 Å². The van der Waals surface area contributed by atoms with Crippen LogP contribution < -0.4 is 0 Å². The molecule has 0 atom stereocenters. The molecule has 0 heterocycles. The minimum atomic E-state index is -1.46. The number of hydrogen-bond acceptors (Lipinski definition) is 2. The highest BCUT2D eigenvalue weighted by Gasteiger charge is 2.25. The molecule has 0 aliphatic carbocycles. The van der Waals surface area contributed by atoms with E-state index in [0.717, 1.165) is 6.07 Å². The van der Waals surface area contributed by atoms with E-state index in [-0.39, 0.29) is 5.56 Å². The highest BCUT2D eigenvalue weighted by molar-refractivity contribution is 6.01. The Morgan fingerprint density at radius 1 is 1.36 bits per heavy atom. The average Bonchev–Trinajstić information content (AvgIpc) is 1.99. The number of Topliss-reactive ketones (excluding diaryl/α,β-unsaturated/α-hetero) is 1. The molecule has 1 N–H and O–H groups in total. The van der Waals surface area contributed by atoms with Gasteiger partial charge in [0.25, 0.3) is 0 Å². The van der Waals surface area contributed by atoms with Crippen LogP contribution in [0.25, 0.3) is 0 Å². The highest BCUT2D eigenvalue weighted by atomic mass is 19.1. The quantitative estimate of drug-likeness (QED) is 0.735. The molecule has 14 heavy (non-hydrogen) atoms. The summed E-state index contributed by atoms with van der Waals surface area (Å²) < 4.78 is 12.9. The third-order valence-electron chi connectivity index (χ3n) is 1.86. The fourth-order valence-electron chi connectivity index (χ4n) is 1.22. The molecule has 0 aliphatic heterocycles. The van der Waals surface area contributed by atoms with Gasteiger partial charge in [-0.25, -0.2) is 4.39 Å². The van der Waals surface area contributed by atoms with Crippen molar-refractivity contribution in [2.45, 2.75) is 26.4 Å². The van der Waals surface area contributed by atoms with Crippen LogP contribution in [0.5, 0.6) is 0 Å². The van der Waals surface area contributed by atoms with Gasteiger partial charge >= 0.3 is 0 Å². The summed E-state index contributed by atoms with van der Waals surface area (Å²) in [6.07, 6.45) is 0. The summed E-state index contributed by atoms with van der Waals surface area (Å²) in [5, 5.41) is 9.45. The average molecular weight is 196 g/mol. The van der Waals surface area contributed by atoms with Crippen LogP contribution in [0.15, 0.2) is 18.2 Å². The molecule has 3 heteroatoms. The van der Waals surface area contributed by atoms with E-state index >= 15 is 0 Å². The van der Waals surface area contributed by atoms with Crippen LogP contribution in [0.1, 0.15) is 29.8 Å². The lowest BCUT2D eigenvalue weighted by Crippen LogP contribution is -2.31. The van der Waals surface area contributed by atoms with Crippen molar-refractivity contribution in [2.24, 2.45) is 0 Å². The maximum atomic E-state index is 12.9. The van der Waals surface area contributed by atoms with E-state index in [1.807, 2.05) is 0 Å². The normalized spacial score (nSPS) is 11.5. The number of aryl methyl sites for hydroxylation is 1. The first-order valence-corrected chi connectivity index (χ1v) is 4.35. The lowest BCUT2D eigenvalue weighted by molar-refractivity contribution is 0.0487. The number of ketones is 1. The Kier molecular flexibility index (Phi) is 2.71. The minimum Gasteiger partial charge on any atom is -0.382 e. The topological polar surface area (TPSA) is 37.3 Å². The van der Waals surface area contributed by atoms with Crippen LogP contribution in [-0.4, -0.2) is 16.5 Å². The van der Waals surface area contributed by atoms with Crippen LogP contribution in [0, 0.1) is 12.7 Å². The Labute approximate surface area is 82.4 Å². The smallest absolute Gasteiger partial charge is 0.193 e. The molecule has 1 aromatic rings. The Hall–Kier alpha value is -1.22. The monoisotopic (exact) mass is 196 g/mol. The number of benzene rings is 1. The molecule has 2 nitrogen and oxygen atoms in total. The SMILES string of the molecule is Cc1cc(F)cc(C(=O)C(C)(C)O)c1. The van der Waals surface area contributed by atoms with Crippen molar-refractivity contribution in [3.8, 4) is 0 Å². The van der Waals surface area contributed by atoms with Crippen molar-refractivity contribution >= 4 is 5.78 Å². The Bertz CT molecular complexity index is 344. The van der Waals surface area contributed by atoms with E-state index in [9.17, 15) is 14.3 Å². The molecule has 1 rings (SSSR count). The van der Waals surface area contributed by atoms with Crippen molar-refractivity contribution in [1.29, 1.82) is 0 Å². The van der Waals surface area contributed by atoms with Crippen LogP contribution in [-0.2, 0) is 0 Å². The van der Waals surface area contributed by atoms with Gasteiger partial charge in [0.2, 0.25) is 0 Å². The minimum absolute atomic E-state index is 0.204. The van der Waals surface area contributed by atoms with Crippen LogP contribution in [0.4, 0.5) is 4.39 Å². The predicted octanol–water partition coefficient (Wildman–Crippen LogP) is 2.09. The molecule has 1 aromatic carbocycles. The second-order valence-corrected chi connectivity index (χ2v) is 3.91. The molecule has 0 saturated heterocycles. The molecular formula is C11H13FO2. The molecular weight excluding hydrogens is 183 g/mol. The molecule has 0 aromatic heterocycles. The first-order valence-electron chi connectivity index (χ1n) is 4.35. The standard InChI is InChI=1S/C11H13FO2/c1-7-4-8(6-9(12)5-7)10(13)11(2,3)14/h4-6,14H,1-3H3. The summed E-state index contributed by atoms with van der Waals surface area (Å²) in [6.45, 7) is 4.47. The summed E-state index contributed by atoms with van der Waals surface area (Å²) in [6, 6.07) is 4.03. The molecule has 0 spiro atoms. The van der Waals surface area contributed by atoms with Crippen LogP contribution >= 0.6 is 0 Å². The number of carbonyl (C=O) groups excluding carboxylic acids is 1. The van der Waals surface area contributed by atoms with Crippen molar-refractivity contribution in [3.05, 3.63) is 35.1 Å². The summed E-state index contributed by atoms with van der Waals surface area (Å²) >= 11 is 0. The first-order chi connectivity index (χ1) is 6.30. The lowest BCUT2D eigenvalue weighted by Gasteiger charge is -2.15. The van der Waals surface area contributed by atoms with Crippen LogP contribution in [0.2, 0.25) is 0 Å². The first kappa shape index (κ1) is 10.9. The maximum Gasteiger partial charge on any atom is 0.193 e. The molecule has 0 unspecified atom stereocenters. The van der Waals surface area contributed by atoms with Gasteiger partial charge in [0.05, 0.1) is 0 Å². The van der Waals surface area contributed by atoms with E-state index in [1.54, 1.807) is 13.0 Å². The number of rotatable bonds is 2.